The van der Waals surface area contributed by atoms with E-state index in [0.29, 0.717) is 28.5 Å². The summed E-state index contributed by atoms with van der Waals surface area (Å²) in [5.41, 5.74) is 1.91. The van der Waals surface area contributed by atoms with Gasteiger partial charge in [-0.1, -0.05) is 30.3 Å². The molecule has 0 atom stereocenters. The average molecular weight is 309 g/mol. The van der Waals surface area contributed by atoms with Crippen LogP contribution in [0.3, 0.4) is 0 Å². The summed E-state index contributed by atoms with van der Waals surface area (Å²) in [6, 6.07) is 14.6. The van der Waals surface area contributed by atoms with E-state index in [0.717, 1.165) is 5.56 Å². The highest BCUT2D eigenvalue weighted by molar-refractivity contribution is 6.01. The second-order valence-corrected chi connectivity index (χ2v) is 5.00. The third-order valence-electron chi connectivity index (χ3n) is 3.57. The van der Waals surface area contributed by atoms with Gasteiger partial charge in [-0.15, -0.1) is 0 Å². The third kappa shape index (κ3) is 2.94. The first-order valence-corrected chi connectivity index (χ1v) is 7.08. The van der Waals surface area contributed by atoms with Crippen molar-refractivity contribution in [2.75, 3.05) is 7.11 Å². The Hall–Kier alpha value is -3.08. The summed E-state index contributed by atoms with van der Waals surface area (Å²) in [4.78, 5) is 23.5. The predicted octanol–water partition coefficient (Wildman–Crippen LogP) is 3.65. The van der Waals surface area contributed by atoms with Crippen LogP contribution < -0.4 is 4.74 Å². The van der Waals surface area contributed by atoms with Gasteiger partial charge in [0.15, 0.2) is 6.29 Å². The number of ether oxygens (including phenoxy) is 2. The Morgan fingerprint density at radius 2 is 1.96 bits per heavy atom. The molecular weight excluding hydrogens is 294 g/mol. The van der Waals surface area contributed by atoms with Gasteiger partial charge in [0, 0.05) is 17.1 Å². The molecule has 0 fully saturated rings. The van der Waals surface area contributed by atoms with E-state index in [9.17, 15) is 9.59 Å². The van der Waals surface area contributed by atoms with Crippen molar-refractivity contribution in [1.29, 1.82) is 0 Å². The Bertz CT molecular complexity index is 852. The number of benzene rings is 2. The fourth-order valence-electron chi connectivity index (χ4n) is 2.40. The van der Waals surface area contributed by atoms with E-state index < -0.39 is 6.09 Å². The van der Waals surface area contributed by atoms with E-state index >= 15 is 0 Å². The lowest BCUT2D eigenvalue weighted by atomic mass is 10.2. The molecule has 2 aromatic carbocycles. The maximum Gasteiger partial charge on any atom is 0.418 e. The molecule has 1 heterocycles. The highest BCUT2D eigenvalue weighted by atomic mass is 16.5. The molecule has 0 saturated carbocycles. The number of nitrogens with zero attached hydrogens (tertiary/aromatic N) is 1. The van der Waals surface area contributed by atoms with E-state index in [1.54, 1.807) is 25.3 Å². The minimum atomic E-state index is -0.530. The van der Waals surface area contributed by atoms with Crippen LogP contribution in [-0.2, 0) is 11.3 Å². The summed E-state index contributed by atoms with van der Waals surface area (Å²) < 4.78 is 11.8. The topological polar surface area (TPSA) is 57.5 Å². The van der Waals surface area contributed by atoms with Gasteiger partial charge in [0.1, 0.15) is 12.4 Å². The molecule has 23 heavy (non-hydrogen) atoms. The fourth-order valence-corrected chi connectivity index (χ4v) is 2.40. The molecule has 0 radical (unpaired) electrons. The summed E-state index contributed by atoms with van der Waals surface area (Å²) in [5, 5.41) is 0.649. The number of rotatable bonds is 4. The van der Waals surface area contributed by atoms with Crippen LogP contribution >= 0.6 is 0 Å². The van der Waals surface area contributed by atoms with E-state index in [2.05, 4.69) is 0 Å². The lowest BCUT2D eigenvalue weighted by Gasteiger charge is -2.07. The van der Waals surface area contributed by atoms with E-state index in [1.807, 2.05) is 30.3 Å². The summed E-state index contributed by atoms with van der Waals surface area (Å²) in [7, 11) is 1.55. The van der Waals surface area contributed by atoms with Crippen molar-refractivity contribution >= 4 is 23.3 Å². The van der Waals surface area contributed by atoms with Crippen molar-refractivity contribution in [3.63, 3.8) is 0 Å². The van der Waals surface area contributed by atoms with Crippen LogP contribution in [0.25, 0.3) is 10.9 Å². The Labute approximate surface area is 133 Å². The summed E-state index contributed by atoms with van der Waals surface area (Å²) in [5.74, 6) is 0.621. The fraction of sp³-hybridized carbons (Fsp3) is 0.111. The zero-order valence-corrected chi connectivity index (χ0v) is 12.6. The van der Waals surface area contributed by atoms with Crippen molar-refractivity contribution < 1.29 is 19.1 Å². The predicted molar refractivity (Wildman–Crippen MR) is 85.9 cm³/mol. The molecule has 3 aromatic rings. The van der Waals surface area contributed by atoms with E-state index in [-0.39, 0.29) is 6.61 Å². The highest BCUT2D eigenvalue weighted by Crippen LogP contribution is 2.25. The zero-order chi connectivity index (χ0) is 16.2. The van der Waals surface area contributed by atoms with Gasteiger partial charge in [-0.2, -0.15) is 0 Å². The van der Waals surface area contributed by atoms with Crippen molar-refractivity contribution in [3.8, 4) is 5.75 Å². The number of methoxy groups -OCH3 is 1. The van der Waals surface area contributed by atoms with E-state index in [1.165, 1.54) is 10.8 Å². The standard InChI is InChI=1S/C18H15NO4/c1-22-15-7-8-17-16(9-15)14(11-20)10-19(17)18(21)23-12-13-5-3-2-4-6-13/h2-11H,12H2,1H3. The first-order valence-electron chi connectivity index (χ1n) is 7.08. The molecule has 1 aromatic heterocycles. The van der Waals surface area contributed by atoms with Crippen LogP contribution in [0.5, 0.6) is 5.75 Å². The highest BCUT2D eigenvalue weighted by Gasteiger charge is 2.15. The lowest BCUT2D eigenvalue weighted by molar-refractivity contribution is 0.112. The first-order chi connectivity index (χ1) is 11.2. The molecule has 0 unspecified atom stereocenters. The minimum Gasteiger partial charge on any atom is -0.497 e. The molecule has 0 spiro atoms. The van der Waals surface area contributed by atoms with Crippen LogP contribution in [0.15, 0.2) is 54.7 Å². The molecule has 5 nitrogen and oxygen atoms in total. The van der Waals surface area contributed by atoms with Gasteiger partial charge >= 0.3 is 6.09 Å². The number of hydrogen-bond donors (Lipinski definition) is 0. The molecule has 0 aliphatic heterocycles. The van der Waals surface area contributed by atoms with Gasteiger partial charge < -0.3 is 9.47 Å². The Morgan fingerprint density at radius 3 is 2.65 bits per heavy atom. The number of carbonyl (C=O) groups excluding carboxylic acids is 2. The largest absolute Gasteiger partial charge is 0.497 e. The summed E-state index contributed by atoms with van der Waals surface area (Å²) in [6.07, 6.45) is 1.66. The number of aromatic nitrogens is 1. The molecule has 3 rings (SSSR count). The second kappa shape index (κ2) is 6.36. The normalized spacial score (nSPS) is 10.5. The van der Waals surface area contributed by atoms with Crippen LogP contribution in [0.4, 0.5) is 4.79 Å². The van der Waals surface area contributed by atoms with Gasteiger partial charge in [0.2, 0.25) is 0 Å². The number of aldehydes is 1. The number of hydrogen-bond acceptors (Lipinski definition) is 4. The van der Waals surface area contributed by atoms with Gasteiger partial charge in [0.25, 0.3) is 0 Å². The van der Waals surface area contributed by atoms with Gasteiger partial charge in [-0.05, 0) is 23.8 Å². The van der Waals surface area contributed by atoms with E-state index in [4.69, 9.17) is 9.47 Å². The lowest BCUT2D eigenvalue weighted by Crippen LogP contribution is -2.12. The molecule has 0 aliphatic rings. The van der Waals surface area contributed by atoms with Crippen LogP contribution in [0.1, 0.15) is 15.9 Å². The first kappa shape index (κ1) is 14.8. The third-order valence-corrected chi connectivity index (χ3v) is 3.57. The number of fused-ring (bicyclic) bond motifs is 1. The number of carbonyl (C=O) groups is 2. The smallest absolute Gasteiger partial charge is 0.418 e. The Morgan fingerprint density at radius 1 is 1.17 bits per heavy atom. The zero-order valence-electron chi connectivity index (χ0n) is 12.6. The molecule has 0 bridgehead atoms. The summed E-state index contributed by atoms with van der Waals surface area (Å²) in [6.45, 7) is 0.173. The van der Waals surface area contributed by atoms with Gasteiger partial charge in [-0.3, -0.25) is 9.36 Å². The van der Waals surface area contributed by atoms with Crippen molar-refractivity contribution in [2.45, 2.75) is 6.61 Å². The molecule has 0 N–H and O–H groups in total. The molecule has 0 amide bonds. The molecule has 0 aliphatic carbocycles. The SMILES string of the molecule is COc1ccc2c(c1)c(C=O)cn2C(=O)OCc1ccccc1. The monoisotopic (exact) mass is 309 g/mol. The summed E-state index contributed by atoms with van der Waals surface area (Å²) >= 11 is 0. The van der Waals surface area contributed by atoms with Gasteiger partial charge in [0.05, 0.1) is 12.6 Å². The Kier molecular flexibility index (Phi) is 4.10. The maximum atomic E-state index is 12.3. The van der Waals surface area contributed by atoms with Crippen LogP contribution in [0.2, 0.25) is 0 Å². The molecular formula is C18H15NO4. The van der Waals surface area contributed by atoms with Crippen molar-refractivity contribution in [1.82, 2.24) is 4.57 Å². The van der Waals surface area contributed by atoms with Gasteiger partial charge in [-0.25, -0.2) is 4.79 Å². The minimum absolute atomic E-state index is 0.173. The quantitative estimate of drug-likeness (QED) is 0.690. The van der Waals surface area contributed by atoms with Crippen molar-refractivity contribution in [3.05, 3.63) is 65.9 Å². The van der Waals surface area contributed by atoms with Crippen LogP contribution in [0, 0.1) is 0 Å². The maximum absolute atomic E-state index is 12.3. The van der Waals surface area contributed by atoms with Crippen LogP contribution in [-0.4, -0.2) is 24.1 Å². The molecule has 5 heteroatoms. The molecule has 0 saturated heterocycles. The van der Waals surface area contributed by atoms with Crippen molar-refractivity contribution in [2.24, 2.45) is 0 Å². The second-order valence-electron chi connectivity index (χ2n) is 5.00. The Balaban J connectivity index is 1.89. The molecule has 116 valence electrons. The average Bonchev–Trinajstić information content (AvgIpc) is 2.98.